The molecule has 1 aliphatic rings. The van der Waals surface area contributed by atoms with Gasteiger partial charge in [0.05, 0.1) is 6.61 Å². The Morgan fingerprint density at radius 1 is 1.59 bits per heavy atom. The van der Waals surface area contributed by atoms with Crippen LogP contribution in [0, 0.1) is 5.41 Å². The van der Waals surface area contributed by atoms with Gasteiger partial charge in [-0.05, 0) is 25.2 Å². The van der Waals surface area contributed by atoms with Crippen molar-refractivity contribution in [1.82, 2.24) is 15.2 Å². The minimum Gasteiger partial charge on any atom is -0.460 e. The van der Waals surface area contributed by atoms with E-state index in [4.69, 9.17) is 4.74 Å². The van der Waals surface area contributed by atoms with E-state index in [0.717, 1.165) is 12.2 Å². The molecule has 0 saturated heterocycles. The van der Waals surface area contributed by atoms with Crippen LogP contribution in [-0.2, 0) is 4.74 Å². The summed E-state index contributed by atoms with van der Waals surface area (Å²) in [6.45, 7) is 6.58. The number of hydrogen-bond donors (Lipinski definition) is 1. The Bertz CT molecular complexity index is 412. The molecule has 0 amide bonds. The van der Waals surface area contributed by atoms with Gasteiger partial charge in [-0.15, -0.1) is 5.10 Å². The summed E-state index contributed by atoms with van der Waals surface area (Å²) in [6.07, 6.45) is 3.49. The van der Waals surface area contributed by atoms with Crippen LogP contribution in [0.15, 0.2) is 0 Å². The quantitative estimate of drug-likeness (QED) is 0.819. The molecule has 5 heteroatoms. The largest absolute Gasteiger partial charge is 0.460 e. The summed E-state index contributed by atoms with van der Waals surface area (Å²) in [7, 11) is 0. The van der Waals surface area contributed by atoms with E-state index in [-0.39, 0.29) is 11.2 Å². The van der Waals surface area contributed by atoms with Gasteiger partial charge < -0.3 is 4.74 Å². The number of H-pyrrole nitrogens is 1. The smallest absolute Gasteiger partial charge is 0.378 e. The topological polar surface area (TPSA) is 67.9 Å². The van der Waals surface area contributed by atoms with Gasteiger partial charge in [0, 0.05) is 5.92 Å². The third-order valence-corrected chi connectivity index (χ3v) is 3.55. The fourth-order valence-electron chi connectivity index (χ4n) is 2.55. The average Bonchev–Trinajstić information content (AvgIpc) is 2.84. The van der Waals surface area contributed by atoms with E-state index in [9.17, 15) is 4.79 Å². The number of aromatic nitrogens is 3. The van der Waals surface area contributed by atoms with Crippen molar-refractivity contribution in [3.05, 3.63) is 11.6 Å². The van der Waals surface area contributed by atoms with Crippen molar-refractivity contribution in [2.45, 2.75) is 46.0 Å². The van der Waals surface area contributed by atoms with Gasteiger partial charge >= 0.3 is 5.97 Å². The Morgan fingerprint density at radius 3 is 2.94 bits per heavy atom. The zero-order valence-corrected chi connectivity index (χ0v) is 10.6. The van der Waals surface area contributed by atoms with Crippen LogP contribution in [0.2, 0.25) is 0 Å². The van der Waals surface area contributed by atoms with Gasteiger partial charge in [0.1, 0.15) is 5.82 Å². The molecule has 94 valence electrons. The highest BCUT2D eigenvalue weighted by Gasteiger charge is 2.37. The first kappa shape index (κ1) is 12.1. The predicted molar refractivity (Wildman–Crippen MR) is 62.7 cm³/mol. The van der Waals surface area contributed by atoms with Crippen LogP contribution in [0.5, 0.6) is 0 Å². The lowest BCUT2D eigenvalue weighted by Crippen LogP contribution is -2.17. The number of rotatable bonds is 3. The van der Waals surface area contributed by atoms with Gasteiger partial charge in [-0.3, -0.25) is 5.10 Å². The number of esters is 1. The molecule has 1 N–H and O–H groups in total. The molecule has 2 rings (SSSR count). The molecule has 0 radical (unpaired) electrons. The van der Waals surface area contributed by atoms with E-state index >= 15 is 0 Å². The van der Waals surface area contributed by atoms with Gasteiger partial charge in [-0.1, -0.05) is 20.3 Å². The number of nitrogens with zero attached hydrogens (tertiary/aromatic N) is 2. The lowest BCUT2D eigenvalue weighted by molar-refractivity contribution is 0.0512. The van der Waals surface area contributed by atoms with Crippen LogP contribution in [0.25, 0.3) is 0 Å². The Morgan fingerprint density at radius 2 is 2.35 bits per heavy atom. The van der Waals surface area contributed by atoms with Crippen molar-refractivity contribution in [3.63, 3.8) is 0 Å². The van der Waals surface area contributed by atoms with Crippen LogP contribution in [0.1, 0.15) is 62.4 Å². The molecule has 1 aliphatic carbocycles. The Hall–Kier alpha value is -1.39. The SMILES string of the molecule is CCOC(=O)c1n[nH]c(C2CCCC2(C)C)n1. The lowest BCUT2D eigenvalue weighted by Gasteiger charge is -2.24. The maximum absolute atomic E-state index is 11.5. The summed E-state index contributed by atoms with van der Waals surface area (Å²) < 4.78 is 4.87. The van der Waals surface area contributed by atoms with Crippen LogP contribution in [0.4, 0.5) is 0 Å². The fraction of sp³-hybridized carbons (Fsp3) is 0.750. The maximum atomic E-state index is 11.5. The maximum Gasteiger partial charge on any atom is 0.378 e. The van der Waals surface area contributed by atoms with Crippen molar-refractivity contribution >= 4 is 5.97 Å². The monoisotopic (exact) mass is 237 g/mol. The molecule has 1 saturated carbocycles. The average molecular weight is 237 g/mol. The van der Waals surface area contributed by atoms with E-state index in [1.165, 1.54) is 12.8 Å². The van der Waals surface area contributed by atoms with E-state index in [0.29, 0.717) is 12.5 Å². The molecule has 0 aromatic carbocycles. The second kappa shape index (κ2) is 4.47. The van der Waals surface area contributed by atoms with Gasteiger partial charge in [0.2, 0.25) is 0 Å². The van der Waals surface area contributed by atoms with Crippen molar-refractivity contribution in [3.8, 4) is 0 Å². The number of carbonyl (C=O) groups excluding carboxylic acids is 1. The lowest BCUT2D eigenvalue weighted by atomic mass is 9.81. The minimum atomic E-state index is -0.453. The number of nitrogens with one attached hydrogen (secondary N) is 1. The highest BCUT2D eigenvalue weighted by atomic mass is 16.5. The van der Waals surface area contributed by atoms with Gasteiger partial charge in [0.25, 0.3) is 5.82 Å². The van der Waals surface area contributed by atoms with Gasteiger partial charge in [0.15, 0.2) is 0 Å². The first-order valence-corrected chi connectivity index (χ1v) is 6.14. The molecule has 0 aliphatic heterocycles. The summed E-state index contributed by atoms with van der Waals surface area (Å²) in [5, 5.41) is 6.81. The summed E-state index contributed by atoms with van der Waals surface area (Å²) in [6, 6.07) is 0. The number of aromatic amines is 1. The summed E-state index contributed by atoms with van der Waals surface area (Å²) in [4.78, 5) is 15.7. The minimum absolute atomic E-state index is 0.143. The second-order valence-corrected chi connectivity index (χ2v) is 5.20. The summed E-state index contributed by atoms with van der Waals surface area (Å²) >= 11 is 0. The van der Waals surface area contributed by atoms with Crippen LogP contribution < -0.4 is 0 Å². The summed E-state index contributed by atoms with van der Waals surface area (Å²) in [5.74, 6) is 0.865. The predicted octanol–water partition coefficient (Wildman–Crippen LogP) is 2.28. The summed E-state index contributed by atoms with van der Waals surface area (Å²) in [5.41, 5.74) is 0.228. The van der Waals surface area contributed by atoms with Crippen molar-refractivity contribution in [1.29, 1.82) is 0 Å². The zero-order valence-electron chi connectivity index (χ0n) is 10.6. The second-order valence-electron chi connectivity index (χ2n) is 5.20. The van der Waals surface area contributed by atoms with Crippen molar-refractivity contribution < 1.29 is 9.53 Å². The van der Waals surface area contributed by atoms with E-state index in [1.54, 1.807) is 6.92 Å². The number of carbonyl (C=O) groups is 1. The van der Waals surface area contributed by atoms with E-state index in [1.807, 2.05) is 0 Å². The molecule has 1 atom stereocenters. The molecule has 1 aromatic heterocycles. The molecule has 5 nitrogen and oxygen atoms in total. The molecule has 0 bridgehead atoms. The molecule has 1 fully saturated rings. The molecule has 1 heterocycles. The third kappa shape index (κ3) is 2.33. The normalized spacial score (nSPS) is 22.6. The zero-order chi connectivity index (χ0) is 12.5. The standard InChI is InChI=1S/C12H19N3O2/c1-4-17-11(16)10-13-9(14-15-10)8-6-5-7-12(8,2)3/h8H,4-7H2,1-3H3,(H,13,14,15). The number of hydrogen-bond acceptors (Lipinski definition) is 4. The molecular weight excluding hydrogens is 218 g/mol. The Balaban J connectivity index is 2.16. The first-order valence-electron chi connectivity index (χ1n) is 6.14. The molecule has 1 unspecified atom stereocenters. The van der Waals surface area contributed by atoms with E-state index < -0.39 is 5.97 Å². The van der Waals surface area contributed by atoms with E-state index in [2.05, 4.69) is 29.0 Å². The first-order chi connectivity index (χ1) is 8.04. The van der Waals surface area contributed by atoms with Crippen LogP contribution in [0.3, 0.4) is 0 Å². The highest BCUT2D eigenvalue weighted by Crippen LogP contribution is 2.47. The third-order valence-electron chi connectivity index (χ3n) is 3.55. The highest BCUT2D eigenvalue weighted by molar-refractivity contribution is 5.84. The van der Waals surface area contributed by atoms with Crippen molar-refractivity contribution in [2.75, 3.05) is 6.61 Å². The van der Waals surface area contributed by atoms with Gasteiger partial charge in [-0.2, -0.15) is 0 Å². The molecule has 1 aromatic rings. The fourth-order valence-corrected chi connectivity index (χ4v) is 2.55. The van der Waals surface area contributed by atoms with Crippen molar-refractivity contribution in [2.24, 2.45) is 5.41 Å². The molecule has 0 spiro atoms. The number of ether oxygens (including phenoxy) is 1. The Labute approximate surface area is 101 Å². The molecular formula is C12H19N3O2. The van der Waals surface area contributed by atoms with Gasteiger partial charge in [-0.25, -0.2) is 9.78 Å². The molecule has 17 heavy (non-hydrogen) atoms. The van der Waals surface area contributed by atoms with Crippen LogP contribution >= 0.6 is 0 Å². The van der Waals surface area contributed by atoms with Crippen LogP contribution in [-0.4, -0.2) is 27.8 Å². The Kier molecular flexibility index (Phi) is 3.17.